The normalized spacial score (nSPS) is 10.8. The molecule has 3 nitrogen and oxygen atoms in total. The third-order valence-corrected chi connectivity index (χ3v) is 3.03. The van der Waals surface area contributed by atoms with Gasteiger partial charge >= 0.3 is 0 Å². The number of ketones is 1. The van der Waals surface area contributed by atoms with Crippen molar-refractivity contribution in [1.82, 2.24) is 0 Å². The molecule has 0 aliphatic rings. The Hall–Kier alpha value is -2.10. The van der Waals surface area contributed by atoms with Gasteiger partial charge in [0, 0.05) is 17.7 Å². The number of hydrogen-bond donors (Lipinski definition) is 0. The molecule has 0 saturated carbocycles. The molecule has 2 aromatic rings. The monoisotopic (exact) mass is 302 g/mol. The molecule has 0 spiro atoms. The number of methoxy groups -OCH3 is 1. The molecule has 0 atom stereocenters. The quantitative estimate of drug-likeness (QED) is 0.455. The van der Waals surface area contributed by atoms with E-state index in [0.717, 1.165) is 11.3 Å². The molecular weight excluding hydrogens is 288 g/mol. The highest BCUT2D eigenvalue weighted by Crippen LogP contribution is 2.14. The van der Waals surface area contributed by atoms with E-state index < -0.39 is 0 Å². The Morgan fingerprint density at radius 3 is 2.38 bits per heavy atom. The lowest BCUT2D eigenvalue weighted by Crippen LogP contribution is -1.98. The number of halogens is 1. The van der Waals surface area contributed by atoms with Crippen molar-refractivity contribution in [1.29, 1.82) is 0 Å². The van der Waals surface area contributed by atoms with Crippen LogP contribution in [0.2, 0.25) is 5.02 Å². The molecule has 0 fully saturated rings. The maximum atomic E-state index is 12.0. The van der Waals surface area contributed by atoms with Crippen molar-refractivity contribution in [3.63, 3.8) is 0 Å². The number of carbonyl (C=O) groups is 1. The first-order valence-electron chi connectivity index (χ1n) is 6.39. The fourth-order valence-corrected chi connectivity index (χ4v) is 1.81. The second-order valence-corrected chi connectivity index (χ2v) is 4.76. The highest BCUT2D eigenvalue weighted by molar-refractivity contribution is 6.30. The van der Waals surface area contributed by atoms with Crippen molar-refractivity contribution in [2.45, 2.75) is 0 Å². The molecule has 0 N–H and O–H groups in total. The van der Waals surface area contributed by atoms with Gasteiger partial charge in [-0.15, -0.1) is 0 Å². The zero-order valence-electron chi connectivity index (χ0n) is 11.6. The highest BCUT2D eigenvalue weighted by Gasteiger charge is 2.01. The Balaban J connectivity index is 2.00. The summed E-state index contributed by atoms with van der Waals surface area (Å²) in [4.78, 5) is 12.0. The summed E-state index contributed by atoms with van der Waals surface area (Å²) in [6.07, 6.45) is 3.30. The van der Waals surface area contributed by atoms with Crippen molar-refractivity contribution in [3.8, 4) is 5.75 Å². The van der Waals surface area contributed by atoms with Crippen LogP contribution in [0.1, 0.15) is 15.9 Å². The third-order valence-electron chi connectivity index (χ3n) is 2.78. The first kappa shape index (κ1) is 15.3. The van der Waals surface area contributed by atoms with Crippen LogP contribution in [0, 0.1) is 0 Å². The number of hydrogen-bond acceptors (Lipinski definition) is 3. The minimum absolute atomic E-state index is 0.0635. The molecule has 21 heavy (non-hydrogen) atoms. The van der Waals surface area contributed by atoms with Gasteiger partial charge in [0.1, 0.15) is 5.75 Å². The molecule has 2 rings (SSSR count). The van der Waals surface area contributed by atoms with Gasteiger partial charge in [-0.25, -0.2) is 0 Å². The number of carbonyl (C=O) groups excluding carboxylic acids is 1. The summed E-state index contributed by atoms with van der Waals surface area (Å²) in [6.45, 7) is 0.213. The fourth-order valence-electron chi connectivity index (χ4n) is 1.68. The van der Waals surface area contributed by atoms with Gasteiger partial charge in [0.25, 0.3) is 0 Å². The zero-order chi connectivity index (χ0) is 15.1. The molecule has 108 valence electrons. The molecule has 4 heteroatoms. The van der Waals surface area contributed by atoms with Gasteiger partial charge in [-0.05, 0) is 48.0 Å². The van der Waals surface area contributed by atoms with Gasteiger partial charge in [0.2, 0.25) is 0 Å². The molecule has 0 aromatic heterocycles. The summed E-state index contributed by atoms with van der Waals surface area (Å²) < 4.78 is 10.1. The van der Waals surface area contributed by atoms with Crippen LogP contribution in [0.15, 0.2) is 54.6 Å². The first-order valence-corrected chi connectivity index (χ1v) is 6.76. The minimum atomic E-state index is -0.0635. The summed E-state index contributed by atoms with van der Waals surface area (Å²) >= 11 is 5.79. The zero-order valence-corrected chi connectivity index (χ0v) is 12.3. The molecule has 0 aliphatic carbocycles. The molecule has 2 aromatic carbocycles. The standard InChI is InChI=1S/C17H15ClO3/c1-20-12-21-16-9-2-13(3-10-16)4-11-17(19)14-5-7-15(18)8-6-14/h2-11H,12H2,1H3/b11-4+. The van der Waals surface area contributed by atoms with Crippen LogP contribution in [0.25, 0.3) is 6.08 Å². The van der Waals surface area contributed by atoms with Crippen LogP contribution in [0.4, 0.5) is 0 Å². The summed E-state index contributed by atoms with van der Waals surface area (Å²) in [5.41, 5.74) is 1.53. The highest BCUT2D eigenvalue weighted by atomic mass is 35.5. The maximum Gasteiger partial charge on any atom is 0.188 e. The van der Waals surface area contributed by atoms with Crippen molar-refractivity contribution in [2.75, 3.05) is 13.9 Å². The summed E-state index contributed by atoms with van der Waals surface area (Å²) in [7, 11) is 1.57. The fraction of sp³-hybridized carbons (Fsp3) is 0.118. The van der Waals surface area contributed by atoms with E-state index in [2.05, 4.69) is 0 Å². The summed E-state index contributed by atoms with van der Waals surface area (Å²) in [6, 6.07) is 14.2. The van der Waals surface area contributed by atoms with E-state index in [9.17, 15) is 4.79 Å². The predicted molar refractivity (Wildman–Crippen MR) is 83.8 cm³/mol. The molecule has 0 aliphatic heterocycles. The topological polar surface area (TPSA) is 35.5 Å². The largest absolute Gasteiger partial charge is 0.468 e. The van der Waals surface area contributed by atoms with Crippen LogP contribution in [0.5, 0.6) is 5.75 Å². The second-order valence-electron chi connectivity index (χ2n) is 4.32. The SMILES string of the molecule is COCOc1ccc(/C=C/C(=O)c2ccc(Cl)cc2)cc1. The lowest BCUT2D eigenvalue weighted by Gasteiger charge is -2.04. The van der Waals surface area contributed by atoms with Crippen LogP contribution in [-0.4, -0.2) is 19.7 Å². The predicted octanol–water partition coefficient (Wildman–Crippen LogP) is 4.22. The Labute approximate surface area is 128 Å². The second kappa shape index (κ2) is 7.62. The van der Waals surface area contributed by atoms with Gasteiger partial charge in [0.15, 0.2) is 12.6 Å². The molecule has 0 amide bonds. The molecule has 0 radical (unpaired) electrons. The van der Waals surface area contributed by atoms with E-state index in [4.69, 9.17) is 21.1 Å². The van der Waals surface area contributed by atoms with Crippen molar-refractivity contribution < 1.29 is 14.3 Å². The van der Waals surface area contributed by atoms with Crippen molar-refractivity contribution in [2.24, 2.45) is 0 Å². The summed E-state index contributed by atoms with van der Waals surface area (Å²) in [5.74, 6) is 0.657. The van der Waals surface area contributed by atoms with E-state index >= 15 is 0 Å². The maximum absolute atomic E-state index is 12.0. The molecule has 0 bridgehead atoms. The molecular formula is C17H15ClO3. The van der Waals surface area contributed by atoms with Gasteiger partial charge in [0.05, 0.1) is 0 Å². The van der Waals surface area contributed by atoms with Gasteiger partial charge in [-0.1, -0.05) is 29.8 Å². The average Bonchev–Trinajstić information content (AvgIpc) is 2.52. The molecule has 0 unspecified atom stereocenters. The van der Waals surface area contributed by atoms with E-state index in [1.165, 1.54) is 6.08 Å². The van der Waals surface area contributed by atoms with Crippen molar-refractivity contribution >= 4 is 23.5 Å². The molecule has 0 saturated heterocycles. The average molecular weight is 303 g/mol. The first-order chi connectivity index (χ1) is 10.2. The minimum Gasteiger partial charge on any atom is -0.468 e. The van der Waals surface area contributed by atoms with Crippen LogP contribution >= 0.6 is 11.6 Å². The Bertz CT molecular complexity index is 615. The number of benzene rings is 2. The lowest BCUT2D eigenvalue weighted by atomic mass is 10.1. The number of ether oxygens (including phenoxy) is 2. The smallest absolute Gasteiger partial charge is 0.188 e. The lowest BCUT2D eigenvalue weighted by molar-refractivity contribution is 0.0511. The Morgan fingerprint density at radius 2 is 1.76 bits per heavy atom. The third kappa shape index (κ3) is 4.74. The van der Waals surface area contributed by atoms with Crippen LogP contribution in [0.3, 0.4) is 0 Å². The van der Waals surface area contributed by atoms with E-state index in [1.807, 2.05) is 24.3 Å². The molecule has 0 heterocycles. The van der Waals surface area contributed by atoms with Gasteiger partial charge < -0.3 is 9.47 Å². The number of allylic oxidation sites excluding steroid dienone is 1. The Kier molecular flexibility index (Phi) is 5.55. The van der Waals surface area contributed by atoms with Gasteiger partial charge in [-0.2, -0.15) is 0 Å². The van der Waals surface area contributed by atoms with Crippen LogP contribution in [-0.2, 0) is 4.74 Å². The van der Waals surface area contributed by atoms with E-state index in [0.29, 0.717) is 10.6 Å². The van der Waals surface area contributed by atoms with E-state index in [-0.39, 0.29) is 12.6 Å². The van der Waals surface area contributed by atoms with Gasteiger partial charge in [-0.3, -0.25) is 4.79 Å². The number of rotatable bonds is 6. The van der Waals surface area contributed by atoms with Crippen molar-refractivity contribution in [3.05, 3.63) is 70.8 Å². The summed E-state index contributed by atoms with van der Waals surface area (Å²) in [5, 5.41) is 0.613. The Morgan fingerprint density at radius 1 is 1.10 bits per heavy atom. The van der Waals surface area contributed by atoms with E-state index in [1.54, 1.807) is 37.5 Å². The van der Waals surface area contributed by atoms with Crippen LogP contribution < -0.4 is 4.74 Å².